The normalized spacial score (nSPS) is 17.8. The SMILES string of the molecule is Cc1c(-c2cc(Sc3ccccc3C#N)c3c(C#N)cnn3c2)cnn1[C@H]1CC[C@@H](NC(C)C)CC1. The van der Waals surface area contributed by atoms with Crippen molar-refractivity contribution in [2.45, 2.75) is 74.4 Å². The highest BCUT2D eigenvalue weighted by Crippen LogP contribution is 2.38. The number of pyridine rings is 1. The molecule has 1 aliphatic carbocycles. The molecule has 5 rings (SSSR count). The first-order valence-corrected chi connectivity index (χ1v) is 13.2. The molecule has 8 heteroatoms. The maximum absolute atomic E-state index is 9.68. The maximum atomic E-state index is 9.68. The van der Waals surface area contributed by atoms with E-state index in [-0.39, 0.29) is 0 Å². The molecule has 0 bridgehead atoms. The van der Waals surface area contributed by atoms with Gasteiger partial charge < -0.3 is 5.32 Å². The maximum Gasteiger partial charge on any atom is 0.103 e. The molecular formula is C28H29N7S. The summed E-state index contributed by atoms with van der Waals surface area (Å²) in [6, 6.07) is 15.6. The van der Waals surface area contributed by atoms with Crippen molar-refractivity contribution in [1.29, 1.82) is 10.5 Å². The summed E-state index contributed by atoms with van der Waals surface area (Å²) in [4.78, 5) is 1.74. The van der Waals surface area contributed by atoms with Crippen molar-refractivity contribution >= 4 is 17.3 Å². The van der Waals surface area contributed by atoms with Crippen molar-refractivity contribution in [2.24, 2.45) is 0 Å². The molecule has 182 valence electrons. The molecule has 4 aromatic rings. The van der Waals surface area contributed by atoms with Gasteiger partial charge in [0.2, 0.25) is 0 Å². The predicted molar refractivity (Wildman–Crippen MR) is 141 cm³/mol. The number of hydrogen-bond acceptors (Lipinski definition) is 6. The Labute approximate surface area is 215 Å². The van der Waals surface area contributed by atoms with Crippen LogP contribution in [0.15, 0.2) is 58.7 Å². The number of fused-ring (bicyclic) bond motifs is 1. The first-order chi connectivity index (χ1) is 17.5. The van der Waals surface area contributed by atoms with Gasteiger partial charge in [0.15, 0.2) is 0 Å². The summed E-state index contributed by atoms with van der Waals surface area (Å²) in [5.41, 5.74) is 5.05. The minimum Gasteiger partial charge on any atom is -0.312 e. The lowest BCUT2D eigenvalue weighted by atomic mass is 9.90. The summed E-state index contributed by atoms with van der Waals surface area (Å²) < 4.78 is 3.96. The number of nitriles is 2. The molecular weight excluding hydrogens is 466 g/mol. The summed E-state index contributed by atoms with van der Waals surface area (Å²) in [6.45, 7) is 6.54. The zero-order chi connectivity index (χ0) is 25.2. The third kappa shape index (κ3) is 4.63. The summed E-state index contributed by atoms with van der Waals surface area (Å²) in [5.74, 6) is 0. The first-order valence-electron chi connectivity index (χ1n) is 12.4. The third-order valence-corrected chi connectivity index (χ3v) is 8.00. The van der Waals surface area contributed by atoms with E-state index in [0.717, 1.165) is 57.8 Å². The van der Waals surface area contributed by atoms with Crippen LogP contribution in [-0.2, 0) is 0 Å². The fourth-order valence-electron chi connectivity index (χ4n) is 5.19. The van der Waals surface area contributed by atoms with Gasteiger partial charge in [0, 0.05) is 44.9 Å². The van der Waals surface area contributed by atoms with E-state index in [0.29, 0.717) is 29.3 Å². The van der Waals surface area contributed by atoms with Crippen LogP contribution in [0.25, 0.3) is 16.6 Å². The van der Waals surface area contributed by atoms with Crippen LogP contribution in [0.5, 0.6) is 0 Å². The number of benzene rings is 1. The van der Waals surface area contributed by atoms with Crippen molar-refractivity contribution in [3.8, 4) is 23.3 Å². The highest BCUT2D eigenvalue weighted by molar-refractivity contribution is 7.99. The Morgan fingerprint density at radius 3 is 2.47 bits per heavy atom. The van der Waals surface area contributed by atoms with E-state index in [1.807, 2.05) is 36.7 Å². The molecule has 3 aromatic heterocycles. The summed E-state index contributed by atoms with van der Waals surface area (Å²) in [5, 5.41) is 32.2. The Bertz CT molecular complexity index is 1480. The Hall–Kier alpha value is -3.59. The van der Waals surface area contributed by atoms with E-state index >= 15 is 0 Å². The zero-order valence-electron chi connectivity index (χ0n) is 20.8. The topological polar surface area (TPSA) is 94.7 Å². The standard InChI is InChI=1S/C28H29N7S/c1-18(2)33-23-8-10-24(11-9-23)35-19(3)25(16-32-35)21-12-27(28-22(14-30)15-31-34(28)17-21)36-26-7-5-4-6-20(26)13-29/h4-7,12,15-18,23-24,33H,8-11H2,1-3H3/t23-,24+. The molecule has 1 N–H and O–H groups in total. The molecule has 7 nitrogen and oxygen atoms in total. The molecule has 0 amide bonds. The van der Waals surface area contributed by atoms with Crippen LogP contribution in [0.3, 0.4) is 0 Å². The lowest BCUT2D eigenvalue weighted by molar-refractivity contribution is 0.265. The largest absolute Gasteiger partial charge is 0.312 e. The molecule has 3 heterocycles. The van der Waals surface area contributed by atoms with Gasteiger partial charge in [0.1, 0.15) is 12.1 Å². The average Bonchev–Trinajstić information content (AvgIpc) is 3.48. The van der Waals surface area contributed by atoms with Crippen molar-refractivity contribution in [3.05, 3.63) is 65.7 Å². The van der Waals surface area contributed by atoms with Gasteiger partial charge in [0.05, 0.1) is 35.1 Å². The smallest absolute Gasteiger partial charge is 0.103 e. The van der Waals surface area contributed by atoms with E-state index in [9.17, 15) is 10.5 Å². The summed E-state index contributed by atoms with van der Waals surface area (Å²) in [7, 11) is 0. The molecule has 0 atom stereocenters. The van der Waals surface area contributed by atoms with E-state index in [1.54, 1.807) is 10.7 Å². The average molecular weight is 496 g/mol. The fourth-order valence-corrected chi connectivity index (χ4v) is 6.28. The molecule has 1 saturated carbocycles. The number of aromatic nitrogens is 4. The highest BCUT2D eigenvalue weighted by atomic mass is 32.2. The Morgan fingerprint density at radius 1 is 1.00 bits per heavy atom. The van der Waals surface area contributed by atoms with Gasteiger partial charge in [-0.25, -0.2) is 4.52 Å². The van der Waals surface area contributed by atoms with E-state index < -0.39 is 0 Å². The monoisotopic (exact) mass is 495 g/mol. The van der Waals surface area contributed by atoms with Crippen LogP contribution in [0.1, 0.15) is 62.4 Å². The first kappa shape index (κ1) is 24.1. The van der Waals surface area contributed by atoms with Crippen LogP contribution in [0.2, 0.25) is 0 Å². The van der Waals surface area contributed by atoms with Gasteiger partial charge in [0.25, 0.3) is 0 Å². The number of nitrogens with zero attached hydrogens (tertiary/aromatic N) is 6. The number of rotatable bonds is 6. The lowest BCUT2D eigenvalue weighted by Crippen LogP contribution is -2.38. The second kappa shape index (κ2) is 10.2. The van der Waals surface area contributed by atoms with E-state index in [2.05, 4.69) is 54.1 Å². The zero-order valence-corrected chi connectivity index (χ0v) is 21.6. The van der Waals surface area contributed by atoms with Crippen molar-refractivity contribution in [2.75, 3.05) is 0 Å². The van der Waals surface area contributed by atoms with Crippen LogP contribution >= 0.6 is 11.8 Å². The van der Waals surface area contributed by atoms with Gasteiger partial charge in [-0.2, -0.15) is 20.7 Å². The number of hydrogen-bond donors (Lipinski definition) is 1. The molecule has 0 radical (unpaired) electrons. The highest BCUT2D eigenvalue weighted by Gasteiger charge is 2.25. The van der Waals surface area contributed by atoms with Gasteiger partial charge >= 0.3 is 0 Å². The van der Waals surface area contributed by atoms with Crippen molar-refractivity contribution in [3.63, 3.8) is 0 Å². The van der Waals surface area contributed by atoms with Gasteiger partial charge in [-0.05, 0) is 50.8 Å². The molecule has 0 spiro atoms. The van der Waals surface area contributed by atoms with Crippen LogP contribution in [0, 0.1) is 29.6 Å². The lowest BCUT2D eigenvalue weighted by Gasteiger charge is -2.31. The minimum atomic E-state index is 0.402. The van der Waals surface area contributed by atoms with Crippen LogP contribution < -0.4 is 5.32 Å². The van der Waals surface area contributed by atoms with E-state index in [1.165, 1.54) is 11.8 Å². The van der Waals surface area contributed by atoms with Gasteiger partial charge in [-0.1, -0.05) is 37.7 Å². The van der Waals surface area contributed by atoms with Gasteiger partial charge in [-0.15, -0.1) is 0 Å². The van der Waals surface area contributed by atoms with Crippen LogP contribution in [0.4, 0.5) is 0 Å². The molecule has 0 saturated heterocycles. The van der Waals surface area contributed by atoms with Crippen LogP contribution in [-0.4, -0.2) is 31.5 Å². The summed E-state index contributed by atoms with van der Waals surface area (Å²) in [6.07, 6.45) is 10.1. The second-order valence-electron chi connectivity index (χ2n) is 9.68. The molecule has 0 unspecified atom stereocenters. The fraction of sp³-hybridized carbons (Fsp3) is 0.357. The molecule has 1 fully saturated rings. The molecule has 0 aliphatic heterocycles. The summed E-state index contributed by atoms with van der Waals surface area (Å²) >= 11 is 1.49. The minimum absolute atomic E-state index is 0.402. The second-order valence-corrected chi connectivity index (χ2v) is 10.8. The molecule has 36 heavy (non-hydrogen) atoms. The Kier molecular flexibility index (Phi) is 6.82. The Balaban J connectivity index is 1.50. The molecule has 1 aliphatic rings. The van der Waals surface area contributed by atoms with E-state index in [4.69, 9.17) is 5.10 Å². The number of nitrogens with one attached hydrogen (secondary N) is 1. The molecule has 1 aromatic carbocycles. The van der Waals surface area contributed by atoms with Gasteiger partial charge in [-0.3, -0.25) is 4.68 Å². The van der Waals surface area contributed by atoms with Crippen molar-refractivity contribution in [1.82, 2.24) is 24.7 Å². The quantitative estimate of drug-likeness (QED) is 0.359. The van der Waals surface area contributed by atoms with Crippen molar-refractivity contribution < 1.29 is 0 Å². The third-order valence-electron chi connectivity index (χ3n) is 6.89. The predicted octanol–water partition coefficient (Wildman–Crippen LogP) is 5.88. The Morgan fingerprint density at radius 2 is 1.75 bits per heavy atom.